The molecule has 2 aliphatic heterocycles. The summed E-state index contributed by atoms with van der Waals surface area (Å²) in [6.45, 7) is 2.07. The summed E-state index contributed by atoms with van der Waals surface area (Å²) in [6, 6.07) is 12.2. The van der Waals surface area contributed by atoms with Crippen molar-refractivity contribution in [2.75, 3.05) is 11.5 Å². The van der Waals surface area contributed by atoms with Crippen LogP contribution < -0.4 is 4.90 Å². The molecule has 0 saturated heterocycles. The molecule has 2 aromatic carbocycles. The minimum absolute atomic E-state index is 0.0107. The van der Waals surface area contributed by atoms with Crippen LogP contribution in [0.3, 0.4) is 0 Å². The van der Waals surface area contributed by atoms with E-state index in [1.54, 1.807) is 12.1 Å². The summed E-state index contributed by atoms with van der Waals surface area (Å²) in [7, 11) is 0. The summed E-state index contributed by atoms with van der Waals surface area (Å²) >= 11 is 3.33. The van der Waals surface area contributed by atoms with Crippen molar-refractivity contribution in [3.63, 3.8) is 0 Å². The smallest absolute Gasteiger partial charge is 0.336 e. The number of amides is 1. The fourth-order valence-electron chi connectivity index (χ4n) is 3.68. The molecule has 0 N–H and O–H groups in total. The van der Waals surface area contributed by atoms with Gasteiger partial charge in [-0.1, -0.05) is 35.0 Å². The molecule has 1 amide bonds. The van der Waals surface area contributed by atoms with Crippen molar-refractivity contribution >= 4 is 33.5 Å². The van der Waals surface area contributed by atoms with Gasteiger partial charge in [0, 0.05) is 22.5 Å². The van der Waals surface area contributed by atoms with Crippen molar-refractivity contribution in [1.82, 2.24) is 0 Å². The van der Waals surface area contributed by atoms with Gasteiger partial charge in [0.05, 0.1) is 11.3 Å². The lowest BCUT2D eigenvalue weighted by atomic mass is 9.84. The molecular weight excluding hydrogens is 413 g/mol. The van der Waals surface area contributed by atoms with E-state index >= 15 is 0 Å². The highest BCUT2D eigenvalue weighted by molar-refractivity contribution is 9.10. The molecule has 0 aliphatic carbocycles. The number of anilines is 1. The second-order valence-corrected chi connectivity index (χ2v) is 7.52. The number of hydrogen-bond donors (Lipinski definition) is 0. The number of rotatable bonds is 3. The van der Waals surface area contributed by atoms with E-state index in [2.05, 4.69) is 22.9 Å². The second-order valence-electron chi connectivity index (χ2n) is 6.61. The van der Waals surface area contributed by atoms with Crippen LogP contribution in [0.15, 0.2) is 58.2 Å². The predicted molar refractivity (Wildman–Crippen MR) is 103 cm³/mol. The highest BCUT2D eigenvalue weighted by Gasteiger charge is 2.43. The quantitative estimate of drug-likeness (QED) is 0.675. The van der Waals surface area contributed by atoms with E-state index in [9.17, 15) is 14.0 Å². The van der Waals surface area contributed by atoms with Crippen LogP contribution in [0.25, 0.3) is 0 Å². The Hall–Kier alpha value is -2.47. The Morgan fingerprint density at radius 1 is 1.19 bits per heavy atom. The van der Waals surface area contributed by atoms with Gasteiger partial charge >= 0.3 is 5.97 Å². The monoisotopic (exact) mass is 429 g/mol. The first-order valence-corrected chi connectivity index (χ1v) is 9.56. The SMILES string of the molecule is CCc1ccc(N2C(=O)CC(c3cc(Br)ccc3F)C3=C2COC3=O)cc1. The Morgan fingerprint density at radius 2 is 1.93 bits per heavy atom. The molecule has 2 heterocycles. The van der Waals surface area contributed by atoms with Gasteiger partial charge in [0.2, 0.25) is 5.91 Å². The molecule has 0 spiro atoms. The molecule has 1 atom stereocenters. The summed E-state index contributed by atoms with van der Waals surface area (Å²) in [4.78, 5) is 26.9. The number of cyclic esters (lactones) is 1. The largest absolute Gasteiger partial charge is 0.456 e. The van der Waals surface area contributed by atoms with Crippen molar-refractivity contribution in [3.05, 3.63) is 75.2 Å². The van der Waals surface area contributed by atoms with Gasteiger partial charge in [0.15, 0.2) is 0 Å². The van der Waals surface area contributed by atoms with Gasteiger partial charge in [-0.25, -0.2) is 9.18 Å². The minimum Gasteiger partial charge on any atom is -0.456 e. The van der Waals surface area contributed by atoms with E-state index in [4.69, 9.17) is 4.74 Å². The van der Waals surface area contributed by atoms with Crippen LogP contribution in [-0.2, 0) is 20.7 Å². The van der Waals surface area contributed by atoms with Crippen LogP contribution in [0.5, 0.6) is 0 Å². The number of nitrogens with zero attached hydrogens (tertiary/aromatic N) is 1. The van der Waals surface area contributed by atoms with Gasteiger partial charge in [-0.3, -0.25) is 9.69 Å². The lowest BCUT2D eigenvalue weighted by molar-refractivity contribution is -0.136. The molecule has 0 bridgehead atoms. The maximum absolute atomic E-state index is 14.4. The number of halogens is 2. The molecule has 27 heavy (non-hydrogen) atoms. The Bertz CT molecular complexity index is 968. The molecule has 0 radical (unpaired) electrons. The highest BCUT2D eigenvalue weighted by Crippen LogP contribution is 2.43. The Morgan fingerprint density at radius 3 is 2.63 bits per heavy atom. The number of aryl methyl sites for hydroxylation is 1. The Labute approximate surface area is 164 Å². The molecule has 1 unspecified atom stereocenters. The van der Waals surface area contributed by atoms with E-state index in [-0.39, 0.29) is 18.9 Å². The van der Waals surface area contributed by atoms with E-state index in [1.807, 2.05) is 24.3 Å². The molecule has 2 aromatic rings. The zero-order valence-electron chi connectivity index (χ0n) is 14.7. The van der Waals surface area contributed by atoms with E-state index in [0.717, 1.165) is 12.0 Å². The zero-order chi connectivity index (χ0) is 19.1. The summed E-state index contributed by atoms with van der Waals surface area (Å²) in [5, 5.41) is 0. The summed E-state index contributed by atoms with van der Waals surface area (Å²) < 4.78 is 20.4. The van der Waals surface area contributed by atoms with Crippen LogP contribution in [-0.4, -0.2) is 18.5 Å². The minimum atomic E-state index is -0.647. The van der Waals surface area contributed by atoms with Crippen molar-refractivity contribution < 1.29 is 18.7 Å². The number of esters is 1. The fraction of sp³-hybridized carbons (Fsp3) is 0.238. The number of ether oxygens (including phenoxy) is 1. The molecule has 0 saturated carbocycles. The average Bonchev–Trinajstić information content (AvgIpc) is 3.05. The van der Waals surface area contributed by atoms with Crippen molar-refractivity contribution in [1.29, 1.82) is 0 Å². The molecule has 4 nitrogen and oxygen atoms in total. The topological polar surface area (TPSA) is 46.6 Å². The maximum Gasteiger partial charge on any atom is 0.336 e. The summed E-state index contributed by atoms with van der Waals surface area (Å²) in [5.74, 6) is -1.76. The molecule has 6 heteroatoms. The number of benzene rings is 2. The van der Waals surface area contributed by atoms with Crippen molar-refractivity contribution in [3.8, 4) is 0 Å². The third-order valence-electron chi connectivity index (χ3n) is 5.05. The third kappa shape index (κ3) is 3.08. The van der Waals surface area contributed by atoms with Crippen LogP contribution in [0.1, 0.15) is 30.4 Å². The average molecular weight is 430 g/mol. The zero-order valence-corrected chi connectivity index (χ0v) is 16.3. The van der Waals surface area contributed by atoms with Gasteiger partial charge < -0.3 is 4.74 Å². The first-order chi connectivity index (χ1) is 13.0. The van der Waals surface area contributed by atoms with Crippen molar-refractivity contribution in [2.45, 2.75) is 25.7 Å². The first-order valence-electron chi connectivity index (χ1n) is 8.76. The molecule has 4 rings (SSSR count). The Balaban J connectivity index is 1.82. The molecule has 0 aromatic heterocycles. The van der Waals surface area contributed by atoms with Gasteiger partial charge in [0.25, 0.3) is 0 Å². The van der Waals surface area contributed by atoms with Gasteiger partial charge in [-0.05, 0) is 47.9 Å². The standard InChI is InChI=1S/C21H17BrFNO3/c1-2-12-3-6-14(7-4-12)24-18-11-27-21(26)20(18)16(10-19(24)25)15-9-13(22)5-8-17(15)23/h3-9,16H,2,10-11H2,1H3. The maximum atomic E-state index is 14.4. The number of hydrogen-bond acceptors (Lipinski definition) is 3. The molecular formula is C21H17BrFNO3. The van der Waals surface area contributed by atoms with Crippen LogP contribution in [0.2, 0.25) is 0 Å². The van der Waals surface area contributed by atoms with Crippen LogP contribution in [0.4, 0.5) is 10.1 Å². The lowest BCUT2D eigenvalue weighted by Gasteiger charge is -2.32. The summed E-state index contributed by atoms with van der Waals surface area (Å²) in [6.07, 6.45) is 0.908. The van der Waals surface area contributed by atoms with Gasteiger partial charge in [-0.15, -0.1) is 0 Å². The van der Waals surface area contributed by atoms with Crippen LogP contribution >= 0.6 is 15.9 Å². The predicted octanol–water partition coefficient (Wildman–Crippen LogP) is 4.48. The number of carbonyl (C=O) groups excluding carboxylic acids is 2. The first kappa shape index (κ1) is 17.9. The van der Waals surface area contributed by atoms with Crippen LogP contribution in [0, 0.1) is 5.82 Å². The normalized spacial score (nSPS) is 19.4. The van der Waals surface area contributed by atoms with E-state index in [0.29, 0.717) is 27.0 Å². The lowest BCUT2D eigenvalue weighted by Crippen LogP contribution is -2.37. The van der Waals surface area contributed by atoms with E-state index < -0.39 is 17.7 Å². The molecule has 2 aliphatic rings. The van der Waals surface area contributed by atoms with Gasteiger partial charge in [-0.2, -0.15) is 0 Å². The summed E-state index contributed by atoms with van der Waals surface area (Å²) in [5.41, 5.74) is 3.04. The molecule has 0 fully saturated rings. The second kappa shape index (κ2) is 6.93. The van der Waals surface area contributed by atoms with Gasteiger partial charge in [0.1, 0.15) is 12.4 Å². The number of carbonyl (C=O) groups is 2. The fourth-order valence-corrected chi connectivity index (χ4v) is 4.06. The van der Waals surface area contributed by atoms with E-state index in [1.165, 1.54) is 11.0 Å². The third-order valence-corrected chi connectivity index (χ3v) is 5.55. The molecule has 138 valence electrons. The highest BCUT2D eigenvalue weighted by atomic mass is 79.9. The Kier molecular flexibility index (Phi) is 4.60. The van der Waals surface area contributed by atoms with Crippen molar-refractivity contribution in [2.24, 2.45) is 0 Å².